The second kappa shape index (κ2) is 8.99. The van der Waals surface area contributed by atoms with Crippen molar-refractivity contribution >= 4 is 28.9 Å². The molecule has 0 bridgehead atoms. The number of thiazole rings is 1. The van der Waals surface area contributed by atoms with Crippen molar-refractivity contribution in [2.45, 2.75) is 13.5 Å². The molecular weight excluding hydrogens is 354 g/mol. The van der Waals surface area contributed by atoms with Gasteiger partial charge in [-0.05, 0) is 19.1 Å². The summed E-state index contributed by atoms with van der Waals surface area (Å²) in [4.78, 5) is 25.0. The van der Waals surface area contributed by atoms with Crippen molar-refractivity contribution in [2.75, 3.05) is 20.3 Å². The number of furan rings is 1. The van der Waals surface area contributed by atoms with Crippen LogP contribution in [0.3, 0.4) is 0 Å². The molecule has 136 valence electrons. The Morgan fingerprint density at radius 3 is 2.88 bits per heavy atom. The number of nitrogens with zero attached hydrogens (tertiary/aromatic N) is 2. The van der Waals surface area contributed by atoms with Crippen molar-refractivity contribution in [3.63, 3.8) is 0 Å². The molecule has 7 nitrogen and oxygen atoms in total. The third kappa shape index (κ3) is 4.39. The molecule has 0 spiro atoms. The van der Waals surface area contributed by atoms with Crippen LogP contribution in [0, 0.1) is 18.3 Å². The fourth-order valence-electron chi connectivity index (χ4n) is 2.21. The molecule has 0 radical (unpaired) electrons. The molecule has 0 aliphatic heterocycles. The van der Waals surface area contributed by atoms with Gasteiger partial charge < -0.3 is 14.5 Å². The predicted molar refractivity (Wildman–Crippen MR) is 98.9 cm³/mol. The minimum absolute atomic E-state index is 0.125. The van der Waals surface area contributed by atoms with Gasteiger partial charge in [-0.3, -0.25) is 14.2 Å². The van der Waals surface area contributed by atoms with Gasteiger partial charge in [0.25, 0.3) is 11.5 Å². The molecular formula is C18H19N3O4S. The Morgan fingerprint density at radius 2 is 2.31 bits per heavy atom. The number of methoxy groups -OCH3 is 1. The fraction of sp³-hybridized carbons (Fsp3) is 0.278. The average molecular weight is 373 g/mol. The number of ether oxygens (including phenoxy) is 1. The lowest BCUT2D eigenvalue weighted by molar-refractivity contribution is -0.115. The van der Waals surface area contributed by atoms with Crippen molar-refractivity contribution in [1.82, 2.24) is 9.88 Å². The molecule has 0 saturated heterocycles. The zero-order valence-corrected chi connectivity index (χ0v) is 15.4. The smallest absolute Gasteiger partial charge is 0.269 e. The van der Waals surface area contributed by atoms with E-state index in [4.69, 9.17) is 9.15 Å². The van der Waals surface area contributed by atoms with Gasteiger partial charge in [-0.2, -0.15) is 5.26 Å². The van der Waals surface area contributed by atoms with E-state index in [0.29, 0.717) is 16.9 Å². The number of nitrogens with one attached hydrogen (secondary N) is 1. The van der Waals surface area contributed by atoms with Crippen LogP contribution in [0.1, 0.15) is 11.5 Å². The first-order valence-electron chi connectivity index (χ1n) is 7.82. The normalized spacial score (nSPS) is 12.6. The second-order valence-electron chi connectivity index (χ2n) is 5.30. The molecule has 1 amide bonds. The van der Waals surface area contributed by atoms with Crippen LogP contribution in [0.4, 0.5) is 0 Å². The Kier molecular flexibility index (Phi) is 6.72. The minimum Gasteiger partial charge on any atom is -0.462 e. The predicted octanol–water partition coefficient (Wildman–Crippen LogP) is 0.263. The maximum atomic E-state index is 12.7. The van der Waals surface area contributed by atoms with Crippen molar-refractivity contribution in [1.29, 1.82) is 5.26 Å². The van der Waals surface area contributed by atoms with E-state index < -0.39 is 5.91 Å². The summed E-state index contributed by atoms with van der Waals surface area (Å²) in [5.74, 6) is 0.700. The Morgan fingerprint density at radius 1 is 1.54 bits per heavy atom. The summed E-state index contributed by atoms with van der Waals surface area (Å²) >= 11 is 1.07. The lowest BCUT2D eigenvalue weighted by Crippen LogP contribution is -2.35. The van der Waals surface area contributed by atoms with E-state index in [9.17, 15) is 14.9 Å². The molecule has 2 aromatic rings. The Hall–Kier alpha value is -2.89. The summed E-state index contributed by atoms with van der Waals surface area (Å²) in [7, 11) is 1.51. The average Bonchev–Trinajstić information content (AvgIpc) is 3.15. The van der Waals surface area contributed by atoms with E-state index in [2.05, 4.69) is 11.9 Å². The van der Waals surface area contributed by atoms with E-state index in [1.54, 1.807) is 25.1 Å². The summed E-state index contributed by atoms with van der Waals surface area (Å²) in [6, 6.07) is 5.43. The van der Waals surface area contributed by atoms with Gasteiger partial charge in [0.2, 0.25) is 0 Å². The first-order valence-corrected chi connectivity index (χ1v) is 8.63. The molecule has 0 aromatic carbocycles. The highest BCUT2D eigenvalue weighted by Crippen LogP contribution is 2.06. The topological polar surface area (TPSA) is 97.3 Å². The zero-order valence-electron chi connectivity index (χ0n) is 14.6. The lowest BCUT2D eigenvalue weighted by Gasteiger charge is -2.03. The molecule has 0 aliphatic carbocycles. The fourth-order valence-corrected chi connectivity index (χ4v) is 3.30. The first kappa shape index (κ1) is 19.4. The summed E-state index contributed by atoms with van der Waals surface area (Å²) in [5.41, 5.74) is -0.434. The number of hydrogen-bond acceptors (Lipinski definition) is 6. The van der Waals surface area contributed by atoms with Crippen LogP contribution in [0.15, 0.2) is 34.0 Å². The first-order chi connectivity index (χ1) is 12.5. The van der Waals surface area contributed by atoms with E-state index in [1.165, 1.54) is 17.8 Å². The number of nitriles is 1. The number of carbonyl (C=O) groups is 1. The number of aromatic nitrogens is 1. The van der Waals surface area contributed by atoms with Crippen LogP contribution in [-0.4, -0.2) is 30.7 Å². The quantitative estimate of drug-likeness (QED) is 0.555. The maximum absolute atomic E-state index is 12.7. The third-order valence-corrected chi connectivity index (χ3v) is 4.53. The maximum Gasteiger partial charge on any atom is 0.269 e. The van der Waals surface area contributed by atoms with Crippen molar-refractivity contribution in [3.05, 3.63) is 55.9 Å². The second-order valence-corrected chi connectivity index (χ2v) is 6.33. The molecule has 2 aromatic heterocycles. The molecule has 2 heterocycles. The lowest BCUT2D eigenvalue weighted by atomic mass is 10.3. The van der Waals surface area contributed by atoms with Gasteiger partial charge in [-0.15, -0.1) is 17.9 Å². The van der Waals surface area contributed by atoms with Gasteiger partial charge in [-0.1, -0.05) is 6.08 Å². The van der Waals surface area contributed by atoms with E-state index >= 15 is 0 Å². The van der Waals surface area contributed by atoms with Crippen LogP contribution in [0.5, 0.6) is 0 Å². The van der Waals surface area contributed by atoms with Crippen molar-refractivity contribution < 1.29 is 13.9 Å². The summed E-state index contributed by atoms with van der Waals surface area (Å²) in [6.07, 6.45) is 3.14. The van der Waals surface area contributed by atoms with Gasteiger partial charge in [-0.25, -0.2) is 0 Å². The third-order valence-electron chi connectivity index (χ3n) is 3.40. The molecule has 0 unspecified atom stereocenters. The number of hydrogen-bond donors (Lipinski definition) is 1. The van der Waals surface area contributed by atoms with Crippen molar-refractivity contribution in [2.24, 2.45) is 0 Å². The minimum atomic E-state index is -0.552. The molecule has 0 atom stereocenters. The van der Waals surface area contributed by atoms with Crippen LogP contribution >= 0.6 is 11.3 Å². The number of carbonyl (C=O) groups excluding carboxylic acids is 1. The number of aryl methyl sites for hydroxylation is 1. The molecule has 2 rings (SSSR count). The van der Waals surface area contributed by atoms with Crippen LogP contribution in [0.25, 0.3) is 11.6 Å². The molecule has 1 N–H and O–H groups in total. The Bertz CT molecular complexity index is 1020. The number of rotatable bonds is 7. The van der Waals surface area contributed by atoms with Crippen LogP contribution in [0.2, 0.25) is 0 Å². The van der Waals surface area contributed by atoms with E-state index in [1.807, 2.05) is 6.07 Å². The van der Waals surface area contributed by atoms with Gasteiger partial charge in [0.1, 0.15) is 22.3 Å². The van der Waals surface area contributed by atoms with Gasteiger partial charge in [0, 0.05) is 26.3 Å². The molecule has 0 saturated carbocycles. The van der Waals surface area contributed by atoms with Crippen molar-refractivity contribution in [3.8, 4) is 6.07 Å². The summed E-state index contributed by atoms with van der Waals surface area (Å²) in [5, 5.41) is 12.0. The largest absolute Gasteiger partial charge is 0.462 e. The highest BCUT2D eigenvalue weighted by atomic mass is 32.1. The van der Waals surface area contributed by atoms with Gasteiger partial charge >= 0.3 is 0 Å². The number of allylic oxidation sites excluding steroid dienone is 1. The molecule has 26 heavy (non-hydrogen) atoms. The molecule has 0 fully saturated rings. The van der Waals surface area contributed by atoms with Crippen LogP contribution in [-0.2, 0) is 16.1 Å². The highest BCUT2D eigenvalue weighted by Gasteiger charge is 2.15. The van der Waals surface area contributed by atoms with Gasteiger partial charge in [0.05, 0.1) is 11.1 Å². The SMILES string of the molecule is C=CCn1c(=C(C#N)C(=O)NCCOC)sc(=Cc2ccc(C)o2)c1=O. The summed E-state index contributed by atoms with van der Waals surface area (Å²) in [6.45, 7) is 6.21. The Labute approximate surface area is 154 Å². The van der Waals surface area contributed by atoms with E-state index in [0.717, 1.165) is 17.1 Å². The molecule has 0 aliphatic rings. The highest BCUT2D eigenvalue weighted by molar-refractivity contribution is 7.07. The summed E-state index contributed by atoms with van der Waals surface area (Å²) < 4.78 is 12.3. The standard InChI is InChI=1S/C18H19N3O4S/c1-4-8-21-17(23)15(10-13-6-5-12(2)25-13)26-18(21)14(11-19)16(22)20-7-9-24-3/h4-6,10H,1,7-9H2,2-3H3,(H,20,22). The monoisotopic (exact) mass is 373 g/mol. The number of amides is 1. The van der Waals surface area contributed by atoms with E-state index in [-0.39, 0.29) is 28.9 Å². The van der Waals surface area contributed by atoms with Gasteiger partial charge in [0.15, 0.2) is 5.57 Å². The van der Waals surface area contributed by atoms with Crippen LogP contribution < -0.4 is 20.1 Å². The Balaban J connectivity index is 2.63. The molecule has 8 heteroatoms. The zero-order chi connectivity index (χ0) is 19.1.